The van der Waals surface area contributed by atoms with Gasteiger partial charge in [0.25, 0.3) is 0 Å². The molecule has 0 amide bonds. The zero-order valence-corrected chi connectivity index (χ0v) is 11.7. The lowest BCUT2D eigenvalue weighted by atomic mass is 9.80. The summed E-state index contributed by atoms with van der Waals surface area (Å²) in [6.07, 6.45) is 2.10. The van der Waals surface area contributed by atoms with Crippen LogP contribution in [0.15, 0.2) is 28.8 Å². The first-order chi connectivity index (χ1) is 10.2. The molecule has 0 saturated carbocycles. The summed E-state index contributed by atoms with van der Waals surface area (Å²) in [6, 6.07) is 6.30. The van der Waals surface area contributed by atoms with Gasteiger partial charge in [-0.1, -0.05) is 17.3 Å². The number of ether oxygens (including phenoxy) is 1. The summed E-state index contributed by atoms with van der Waals surface area (Å²) in [7, 11) is 0. The van der Waals surface area contributed by atoms with E-state index in [-0.39, 0.29) is 11.2 Å². The van der Waals surface area contributed by atoms with Gasteiger partial charge in [-0.3, -0.25) is 0 Å². The summed E-state index contributed by atoms with van der Waals surface area (Å²) in [5, 5.41) is 4.03. The summed E-state index contributed by atoms with van der Waals surface area (Å²) in [4.78, 5) is 4.49. The predicted molar refractivity (Wildman–Crippen MR) is 74.3 cm³/mol. The summed E-state index contributed by atoms with van der Waals surface area (Å²) in [5.74, 6) is 0.929. The van der Waals surface area contributed by atoms with Crippen molar-refractivity contribution in [2.45, 2.75) is 24.7 Å². The van der Waals surface area contributed by atoms with E-state index in [1.165, 1.54) is 12.1 Å². The third-order valence-electron chi connectivity index (χ3n) is 4.04. The molecule has 2 aromatic rings. The van der Waals surface area contributed by atoms with E-state index in [0.29, 0.717) is 37.9 Å². The van der Waals surface area contributed by atoms with Gasteiger partial charge in [-0.15, -0.1) is 0 Å². The number of aromatic nitrogens is 2. The Morgan fingerprint density at radius 3 is 2.57 bits per heavy atom. The number of nitrogens with two attached hydrogens (primary N) is 1. The maximum Gasteiger partial charge on any atom is 0.234 e. The SMILES string of the molecule is NCC1(c2nc(Cc3ccc(F)cc3)no2)CCOCC1. The highest BCUT2D eigenvalue weighted by atomic mass is 19.1. The van der Waals surface area contributed by atoms with Gasteiger partial charge in [-0.2, -0.15) is 4.98 Å². The number of benzene rings is 1. The monoisotopic (exact) mass is 291 g/mol. The molecule has 0 aliphatic carbocycles. The van der Waals surface area contributed by atoms with Crippen LogP contribution in [-0.4, -0.2) is 29.9 Å². The van der Waals surface area contributed by atoms with Gasteiger partial charge in [0.15, 0.2) is 5.82 Å². The van der Waals surface area contributed by atoms with Crippen molar-refractivity contribution in [2.24, 2.45) is 5.73 Å². The smallest absolute Gasteiger partial charge is 0.234 e. The Bertz CT molecular complexity index is 591. The molecule has 0 atom stereocenters. The Kier molecular flexibility index (Phi) is 3.98. The van der Waals surface area contributed by atoms with Crippen molar-refractivity contribution in [3.05, 3.63) is 47.4 Å². The molecular weight excluding hydrogens is 273 g/mol. The average molecular weight is 291 g/mol. The second-order valence-electron chi connectivity index (χ2n) is 5.42. The van der Waals surface area contributed by atoms with Crippen molar-refractivity contribution >= 4 is 0 Å². The molecule has 1 fully saturated rings. The lowest BCUT2D eigenvalue weighted by molar-refractivity contribution is 0.0409. The standard InChI is InChI=1S/C15H18FN3O2/c16-12-3-1-11(2-4-12)9-13-18-14(21-19-13)15(10-17)5-7-20-8-6-15/h1-4H,5-10,17H2. The van der Waals surface area contributed by atoms with Crippen molar-refractivity contribution in [3.63, 3.8) is 0 Å². The number of hydrogen-bond donors (Lipinski definition) is 1. The maximum atomic E-state index is 12.9. The minimum absolute atomic E-state index is 0.253. The first-order valence-corrected chi connectivity index (χ1v) is 7.07. The van der Waals surface area contributed by atoms with E-state index >= 15 is 0 Å². The number of hydrogen-bond acceptors (Lipinski definition) is 5. The van der Waals surface area contributed by atoms with E-state index < -0.39 is 0 Å². The lowest BCUT2D eigenvalue weighted by Gasteiger charge is -2.32. The molecule has 1 saturated heterocycles. The second-order valence-corrected chi connectivity index (χ2v) is 5.42. The molecule has 1 aromatic heterocycles. The summed E-state index contributed by atoms with van der Waals surface area (Å²) in [5.41, 5.74) is 6.59. The van der Waals surface area contributed by atoms with E-state index in [1.807, 2.05) is 0 Å². The van der Waals surface area contributed by atoms with Gasteiger partial charge in [-0.05, 0) is 30.5 Å². The zero-order valence-electron chi connectivity index (χ0n) is 11.7. The van der Waals surface area contributed by atoms with Crippen LogP contribution in [0.1, 0.15) is 30.1 Å². The van der Waals surface area contributed by atoms with E-state index in [9.17, 15) is 4.39 Å². The molecule has 0 unspecified atom stereocenters. The van der Waals surface area contributed by atoms with Gasteiger partial charge in [0.05, 0.1) is 5.41 Å². The molecule has 5 nitrogen and oxygen atoms in total. The average Bonchev–Trinajstić information content (AvgIpc) is 2.99. The van der Waals surface area contributed by atoms with E-state index in [0.717, 1.165) is 18.4 Å². The van der Waals surface area contributed by atoms with Gasteiger partial charge >= 0.3 is 0 Å². The number of nitrogens with zero attached hydrogens (tertiary/aromatic N) is 2. The second kappa shape index (κ2) is 5.91. The van der Waals surface area contributed by atoms with Gasteiger partial charge in [0, 0.05) is 26.2 Å². The largest absolute Gasteiger partial charge is 0.381 e. The molecule has 2 heterocycles. The van der Waals surface area contributed by atoms with Crippen LogP contribution >= 0.6 is 0 Å². The molecule has 0 radical (unpaired) electrons. The molecule has 0 bridgehead atoms. The highest BCUT2D eigenvalue weighted by molar-refractivity contribution is 5.20. The van der Waals surface area contributed by atoms with Crippen LogP contribution in [0.25, 0.3) is 0 Å². The third-order valence-corrected chi connectivity index (χ3v) is 4.04. The van der Waals surface area contributed by atoms with Crippen LogP contribution in [0.4, 0.5) is 4.39 Å². The number of halogens is 1. The van der Waals surface area contributed by atoms with Gasteiger partial charge in [0.1, 0.15) is 5.82 Å². The highest BCUT2D eigenvalue weighted by Gasteiger charge is 2.38. The quantitative estimate of drug-likeness (QED) is 0.930. The Balaban J connectivity index is 1.77. The van der Waals surface area contributed by atoms with Crippen LogP contribution in [0.5, 0.6) is 0 Å². The van der Waals surface area contributed by atoms with Crippen LogP contribution in [0.2, 0.25) is 0 Å². The molecule has 6 heteroatoms. The van der Waals surface area contributed by atoms with Crippen molar-refractivity contribution in [2.75, 3.05) is 19.8 Å². The molecular formula is C15H18FN3O2. The maximum absolute atomic E-state index is 12.9. The van der Waals surface area contributed by atoms with Crippen LogP contribution in [0.3, 0.4) is 0 Å². The van der Waals surface area contributed by atoms with Gasteiger partial charge in [0.2, 0.25) is 5.89 Å². The van der Waals surface area contributed by atoms with Crippen LogP contribution in [-0.2, 0) is 16.6 Å². The van der Waals surface area contributed by atoms with Crippen molar-refractivity contribution < 1.29 is 13.7 Å². The number of rotatable bonds is 4. The Labute approximate surface area is 122 Å². The summed E-state index contributed by atoms with van der Waals surface area (Å²) >= 11 is 0. The third kappa shape index (κ3) is 2.96. The topological polar surface area (TPSA) is 74.2 Å². The van der Waals surface area contributed by atoms with Crippen LogP contribution < -0.4 is 5.73 Å². The fraction of sp³-hybridized carbons (Fsp3) is 0.467. The molecule has 21 heavy (non-hydrogen) atoms. The first kappa shape index (κ1) is 14.2. The predicted octanol–water partition coefficient (Wildman–Crippen LogP) is 1.81. The summed E-state index contributed by atoms with van der Waals surface area (Å²) < 4.78 is 23.7. The van der Waals surface area contributed by atoms with Gasteiger partial charge in [-0.25, -0.2) is 4.39 Å². The molecule has 1 aliphatic heterocycles. The van der Waals surface area contributed by atoms with Crippen LogP contribution in [0, 0.1) is 5.82 Å². The minimum atomic E-state index is -0.272. The molecule has 2 N–H and O–H groups in total. The van der Waals surface area contributed by atoms with E-state index in [1.54, 1.807) is 12.1 Å². The van der Waals surface area contributed by atoms with E-state index in [4.69, 9.17) is 15.0 Å². The molecule has 1 aromatic carbocycles. The Morgan fingerprint density at radius 1 is 1.19 bits per heavy atom. The lowest BCUT2D eigenvalue weighted by Crippen LogP contribution is -2.40. The van der Waals surface area contributed by atoms with Crippen molar-refractivity contribution in [3.8, 4) is 0 Å². The fourth-order valence-corrected chi connectivity index (χ4v) is 2.59. The zero-order chi connectivity index (χ0) is 14.7. The summed E-state index contributed by atoms with van der Waals surface area (Å²) in [6.45, 7) is 1.79. The molecule has 112 valence electrons. The van der Waals surface area contributed by atoms with Gasteiger partial charge < -0.3 is 15.0 Å². The van der Waals surface area contributed by atoms with E-state index in [2.05, 4.69) is 10.1 Å². The first-order valence-electron chi connectivity index (χ1n) is 7.07. The van der Waals surface area contributed by atoms with Crippen molar-refractivity contribution in [1.82, 2.24) is 10.1 Å². The Morgan fingerprint density at radius 2 is 1.90 bits per heavy atom. The minimum Gasteiger partial charge on any atom is -0.381 e. The Hall–Kier alpha value is -1.79. The molecule has 3 rings (SSSR count). The molecule has 0 spiro atoms. The highest BCUT2D eigenvalue weighted by Crippen LogP contribution is 2.32. The normalized spacial score (nSPS) is 17.8. The fourth-order valence-electron chi connectivity index (χ4n) is 2.59. The molecule has 1 aliphatic rings. The van der Waals surface area contributed by atoms with Crippen molar-refractivity contribution in [1.29, 1.82) is 0 Å².